The van der Waals surface area contributed by atoms with Crippen LogP contribution in [0.4, 0.5) is 4.79 Å². The minimum Gasteiger partial charge on any atom is -0.453 e. The summed E-state index contributed by atoms with van der Waals surface area (Å²) in [7, 11) is 0. The molecule has 5 atom stereocenters. The Balaban J connectivity index is 1.39. The van der Waals surface area contributed by atoms with Crippen molar-refractivity contribution in [1.29, 1.82) is 0 Å². The summed E-state index contributed by atoms with van der Waals surface area (Å²) in [6.07, 6.45) is -4.29. The maximum atomic E-state index is 12.6. The van der Waals surface area contributed by atoms with Gasteiger partial charge in [0.1, 0.15) is 31.5 Å². The van der Waals surface area contributed by atoms with Gasteiger partial charge in [-0.05, 0) is 19.4 Å². The van der Waals surface area contributed by atoms with Gasteiger partial charge in [0.2, 0.25) is 5.91 Å². The molecule has 0 saturated carbocycles. The van der Waals surface area contributed by atoms with E-state index in [1.165, 1.54) is 0 Å². The van der Waals surface area contributed by atoms with Crippen LogP contribution in [-0.4, -0.2) is 72.2 Å². The zero-order valence-corrected chi connectivity index (χ0v) is 17.0. The second-order valence-electron chi connectivity index (χ2n) is 7.93. The average Bonchev–Trinajstić information content (AvgIpc) is 3.09. The average molecular weight is 436 g/mol. The van der Waals surface area contributed by atoms with Crippen LogP contribution in [0.15, 0.2) is 30.3 Å². The highest BCUT2D eigenvalue weighted by Gasteiger charge is 2.71. The normalized spacial score (nSPS) is 32.7. The lowest BCUT2D eigenvalue weighted by Gasteiger charge is -2.52. The molecule has 168 valence electrons. The van der Waals surface area contributed by atoms with E-state index in [-0.39, 0.29) is 6.61 Å². The molecule has 4 heterocycles. The van der Waals surface area contributed by atoms with Crippen molar-refractivity contribution in [3.05, 3.63) is 35.9 Å². The molecule has 1 aromatic carbocycles. The van der Waals surface area contributed by atoms with Gasteiger partial charge in [-0.2, -0.15) is 0 Å². The summed E-state index contributed by atoms with van der Waals surface area (Å²) in [5, 5.41) is 14.4. The van der Waals surface area contributed by atoms with E-state index in [0.717, 1.165) is 5.56 Å². The minimum atomic E-state index is -2.01. The number of amides is 2. The van der Waals surface area contributed by atoms with Crippen LogP contribution < -0.4 is 10.6 Å². The molecule has 5 rings (SSSR count). The Morgan fingerprint density at radius 2 is 1.87 bits per heavy atom. The Hall–Kier alpha value is -2.73. The number of hydrogen-bond donors (Lipinski definition) is 3. The van der Waals surface area contributed by atoms with Gasteiger partial charge < -0.3 is 39.4 Å². The summed E-state index contributed by atoms with van der Waals surface area (Å²) >= 11 is 0. The van der Waals surface area contributed by atoms with E-state index in [9.17, 15) is 19.5 Å². The fourth-order valence-corrected chi connectivity index (χ4v) is 3.92. The number of benzene rings is 1. The smallest absolute Gasteiger partial charge is 0.407 e. The van der Waals surface area contributed by atoms with Gasteiger partial charge in [-0.25, -0.2) is 9.59 Å². The monoisotopic (exact) mass is 436 g/mol. The first-order chi connectivity index (χ1) is 14.7. The number of ether oxygens (including phenoxy) is 5. The number of aliphatic hydroxyl groups excluding tert-OH is 1. The van der Waals surface area contributed by atoms with Gasteiger partial charge in [0.15, 0.2) is 11.9 Å². The number of fused-ring (bicyclic) bond motifs is 2. The zero-order chi connectivity index (χ0) is 22.2. The lowest BCUT2D eigenvalue weighted by atomic mass is 9.87. The quantitative estimate of drug-likeness (QED) is 0.506. The van der Waals surface area contributed by atoms with Gasteiger partial charge >= 0.3 is 12.1 Å². The highest BCUT2D eigenvalue weighted by atomic mass is 16.8. The largest absolute Gasteiger partial charge is 0.453 e. The fraction of sp³-hybridized carbons (Fsp3) is 0.550. The van der Waals surface area contributed by atoms with Crippen LogP contribution in [0.2, 0.25) is 0 Å². The molecule has 3 N–H and O–H groups in total. The van der Waals surface area contributed by atoms with Crippen molar-refractivity contribution >= 4 is 18.0 Å². The molecule has 0 spiro atoms. The molecule has 4 aliphatic heterocycles. The van der Waals surface area contributed by atoms with Crippen molar-refractivity contribution < 1.29 is 43.2 Å². The molecule has 11 nitrogen and oxygen atoms in total. The van der Waals surface area contributed by atoms with Crippen LogP contribution in [0.1, 0.15) is 19.4 Å². The second-order valence-corrected chi connectivity index (χ2v) is 7.93. The summed E-state index contributed by atoms with van der Waals surface area (Å²) in [4.78, 5) is 37.1. The van der Waals surface area contributed by atoms with Crippen molar-refractivity contribution in [2.75, 3.05) is 13.2 Å². The van der Waals surface area contributed by atoms with Crippen LogP contribution in [0.5, 0.6) is 0 Å². The molecular weight excluding hydrogens is 412 g/mol. The van der Waals surface area contributed by atoms with Gasteiger partial charge in [0.25, 0.3) is 5.72 Å². The second kappa shape index (κ2) is 8.08. The van der Waals surface area contributed by atoms with E-state index in [2.05, 4.69) is 10.6 Å². The lowest BCUT2D eigenvalue weighted by molar-refractivity contribution is -0.302. The molecule has 1 aromatic rings. The summed E-state index contributed by atoms with van der Waals surface area (Å²) < 4.78 is 27.8. The van der Waals surface area contributed by atoms with Crippen LogP contribution in [-0.2, 0) is 39.9 Å². The molecule has 31 heavy (non-hydrogen) atoms. The molecule has 2 bridgehead atoms. The topological polar surface area (TPSA) is 142 Å². The van der Waals surface area contributed by atoms with Crippen LogP contribution >= 0.6 is 0 Å². The van der Waals surface area contributed by atoms with E-state index < -0.39 is 67.0 Å². The fourth-order valence-electron chi connectivity index (χ4n) is 3.92. The third-order valence-electron chi connectivity index (χ3n) is 5.21. The van der Waals surface area contributed by atoms with E-state index in [1.54, 1.807) is 26.0 Å². The van der Waals surface area contributed by atoms with Crippen molar-refractivity contribution in [1.82, 2.24) is 10.6 Å². The van der Waals surface area contributed by atoms with Gasteiger partial charge in [-0.15, -0.1) is 0 Å². The Bertz CT molecular complexity index is 861. The number of alkyl carbamates (subject to hydrolysis) is 1. The Kier molecular flexibility index (Phi) is 5.60. The highest BCUT2D eigenvalue weighted by Crippen LogP contribution is 2.46. The maximum absolute atomic E-state index is 12.6. The standard InChI is InChI=1S/C20H24N2O9/c1-19(2)30-15-14-12(9-23)29-20(16(15)31-19,17(25)28-14)22-13(24)8-21-18(26)27-10-11-6-4-3-5-7-11/h3-7,12,14-16,23H,8-10H2,1-2H3,(H,21,26)(H,22,24)/t12-,14-,15+,16+,20+/m1/s1. The first-order valence-electron chi connectivity index (χ1n) is 9.85. The van der Waals surface area contributed by atoms with Gasteiger partial charge in [0, 0.05) is 0 Å². The molecule has 0 aromatic heterocycles. The van der Waals surface area contributed by atoms with E-state index >= 15 is 0 Å². The minimum absolute atomic E-state index is 0.0389. The first-order valence-corrected chi connectivity index (χ1v) is 9.85. The zero-order valence-electron chi connectivity index (χ0n) is 17.0. The number of carbonyl (C=O) groups excluding carboxylic acids is 3. The SMILES string of the molecule is CC1(C)O[C@H]2[C@@H]3OC(=O)[C@@](NC(=O)CNC(=O)OCc4ccccc4)(O[C@@H]3CO)[C@H]2O1. The summed E-state index contributed by atoms with van der Waals surface area (Å²) in [5.41, 5.74) is -1.22. The Labute approximate surface area is 177 Å². The Morgan fingerprint density at radius 3 is 2.58 bits per heavy atom. The molecule has 0 aliphatic carbocycles. The molecule has 2 amide bonds. The third-order valence-corrected chi connectivity index (χ3v) is 5.21. The predicted molar refractivity (Wildman–Crippen MR) is 101 cm³/mol. The number of nitrogens with one attached hydrogen (secondary N) is 2. The lowest BCUT2D eigenvalue weighted by Crippen LogP contribution is -2.79. The van der Waals surface area contributed by atoms with Crippen LogP contribution in [0, 0.1) is 0 Å². The molecule has 4 aliphatic rings. The molecule has 0 unspecified atom stereocenters. The third kappa shape index (κ3) is 4.09. The molecule has 4 saturated heterocycles. The van der Waals surface area contributed by atoms with Crippen molar-refractivity contribution in [3.63, 3.8) is 0 Å². The molecule has 0 radical (unpaired) electrons. The number of hydrogen-bond acceptors (Lipinski definition) is 9. The van der Waals surface area contributed by atoms with Crippen molar-refractivity contribution in [2.45, 2.75) is 56.4 Å². The molecule has 11 heteroatoms. The van der Waals surface area contributed by atoms with Crippen LogP contribution in [0.3, 0.4) is 0 Å². The van der Waals surface area contributed by atoms with Crippen molar-refractivity contribution in [2.24, 2.45) is 0 Å². The molecule has 4 fully saturated rings. The van der Waals surface area contributed by atoms with E-state index in [4.69, 9.17) is 23.7 Å². The van der Waals surface area contributed by atoms with Crippen LogP contribution in [0.25, 0.3) is 0 Å². The predicted octanol–water partition coefficient (Wildman–Crippen LogP) is -0.438. The van der Waals surface area contributed by atoms with E-state index in [0.29, 0.717) is 0 Å². The van der Waals surface area contributed by atoms with Gasteiger partial charge in [-0.3, -0.25) is 4.79 Å². The van der Waals surface area contributed by atoms with E-state index in [1.807, 2.05) is 18.2 Å². The number of rotatable bonds is 6. The Morgan fingerprint density at radius 1 is 1.13 bits per heavy atom. The first kappa shape index (κ1) is 21.5. The highest BCUT2D eigenvalue weighted by molar-refractivity contribution is 5.90. The van der Waals surface area contributed by atoms with Crippen molar-refractivity contribution in [3.8, 4) is 0 Å². The summed E-state index contributed by atoms with van der Waals surface area (Å²) in [5.74, 6) is -2.65. The molecular formula is C20H24N2O9. The number of aliphatic hydroxyl groups is 1. The van der Waals surface area contributed by atoms with Gasteiger partial charge in [0.05, 0.1) is 6.61 Å². The number of carbonyl (C=O) groups is 3. The maximum Gasteiger partial charge on any atom is 0.407 e. The summed E-state index contributed by atoms with van der Waals surface area (Å²) in [6.45, 7) is 2.41. The number of esters is 1. The van der Waals surface area contributed by atoms with Gasteiger partial charge in [-0.1, -0.05) is 30.3 Å². The summed E-state index contributed by atoms with van der Waals surface area (Å²) in [6, 6.07) is 9.04.